The van der Waals surface area contributed by atoms with E-state index in [1.54, 1.807) is 36.4 Å². The molecular weight excluding hydrogens is 368 g/mol. The lowest BCUT2D eigenvalue weighted by Gasteiger charge is -2.10. The van der Waals surface area contributed by atoms with E-state index in [1.807, 2.05) is 36.4 Å². The number of hydrogen-bond acceptors (Lipinski definition) is 5. The lowest BCUT2D eigenvalue weighted by atomic mass is 9.99. The summed E-state index contributed by atoms with van der Waals surface area (Å²) in [7, 11) is 0. The van der Waals surface area contributed by atoms with Gasteiger partial charge in [0.05, 0.1) is 5.56 Å². The monoisotopic (exact) mass is 386 g/mol. The highest BCUT2D eigenvalue weighted by atomic mass is 16.5. The van der Waals surface area contributed by atoms with Crippen LogP contribution in [-0.2, 0) is 11.3 Å². The maximum atomic E-state index is 12.5. The van der Waals surface area contributed by atoms with Gasteiger partial charge in [-0.15, -0.1) is 0 Å². The molecule has 0 bridgehead atoms. The molecule has 3 N–H and O–H groups in total. The van der Waals surface area contributed by atoms with Gasteiger partial charge in [-0.3, -0.25) is 0 Å². The van der Waals surface area contributed by atoms with E-state index in [0.717, 1.165) is 16.3 Å². The van der Waals surface area contributed by atoms with Crippen molar-refractivity contribution in [2.45, 2.75) is 6.61 Å². The molecule has 0 radical (unpaired) electrons. The number of benzene rings is 4. The zero-order valence-corrected chi connectivity index (χ0v) is 15.4. The summed E-state index contributed by atoms with van der Waals surface area (Å²) in [6, 6.07) is 22.5. The van der Waals surface area contributed by atoms with Crippen molar-refractivity contribution in [2.75, 3.05) is 0 Å². The zero-order valence-electron chi connectivity index (χ0n) is 15.4. The molecule has 0 saturated carbocycles. The summed E-state index contributed by atoms with van der Waals surface area (Å²) in [5, 5.41) is 31.3. The Labute approximate surface area is 167 Å². The predicted octanol–water partition coefficient (Wildman–Crippen LogP) is 4.98. The first-order valence-corrected chi connectivity index (χ1v) is 9.02. The molecule has 144 valence electrons. The molecule has 29 heavy (non-hydrogen) atoms. The Bertz CT molecular complexity index is 1200. The summed E-state index contributed by atoms with van der Waals surface area (Å²) in [4.78, 5) is 12.5. The highest BCUT2D eigenvalue weighted by Gasteiger charge is 2.13. The fraction of sp³-hybridized carbons (Fsp3) is 0.0417. The first-order valence-electron chi connectivity index (χ1n) is 9.02. The molecule has 0 heterocycles. The largest absolute Gasteiger partial charge is 0.507 e. The average Bonchev–Trinajstić information content (AvgIpc) is 2.74. The van der Waals surface area contributed by atoms with Crippen molar-refractivity contribution < 1.29 is 24.9 Å². The van der Waals surface area contributed by atoms with Gasteiger partial charge in [-0.05, 0) is 46.7 Å². The fourth-order valence-corrected chi connectivity index (χ4v) is 3.18. The second-order valence-electron chi connectivity index (χ2n) is 6.66. The minimum atomic E-state index is -0.552. The van der Waals surface area contributed by atoms with Crippen LogP contribution in [0.2, 0.25) is 0 Å². The van der Waals surface area contributed by atoms with Gasteiger partial charge in [-0.1, -0.05) is 48.5 Å². The van der Waals surface area contributed by atoms with Crippen LogP contribution in [-0.4, -0.2) is 21.3 Å². The number of aromatic hydroxyl groups is 3. The van der Waals surface area contributed by atoms with Crippen molar-refractivity contribution in [3.05, 3.63) is 90.0 Å². The lowest BCUT2D eigenvalue weighted by Crippen LogP contribution is -2.05. The molecule has 0 aliphatic heterocycles. The van der Waals surface area contributed by atoms with E-state index in [2.05, 4.69) is 0 Å². The van der Waals surface area contributed by atoms with Gasteiger partial charge >= 0.3 is 5.97 Å². The topological polar surface area (TPSA) is 87.0 Å². The molecular formula is C24H18O5. The van der Waals surface area contributed by atoms with Gasteiger partial charge in [0.25, 0.3) is 0 Å². The second kappa shape index (κ2) is 7.56. The van der Waals surface area contributed by atoms with Crippen molar-refractivity contribution in [1.29, 1.82) is 0 Å². The second-order valence-corrected chi connectivity index (χ2v) is 6.66. The molecule has 0 amide bonds. The smallest absolute Gasteiger partial charge is 0.338 e. The molecule has 0 unspecified atom stereocenters. The summed E-state index contributed by atoms with van der Waals surface area (Å²) in [6.07, 6.45) is 0. The van der Waals surface area contributed by atoms with Crippen LogP contribution in [0.3, 0.4) is 0 Å². The third-order valence-electron chi connectivity index (χ3n) is 4.73. The molecule has 0 aliphatic rings. The van der Waals surface area contributed by atoms with Crippen LogP contribution in [0, 0.1) is 0 Å². The van der Waals surface area contributed by atoms with Gasteiger partial charge in [-0.2, -0.15) is 0 Å². The molecule has 0 aromatic heterocycles. The third kappa shape index (κ3) is 3.71. The minimum absolute atomic E-state index is 0.165. The zero-order chi connectivity index (χ0) is 20.4. The number of fused-ring (bicyclic) bond motifs is 1. The van der Waals surface area contributed by atoms with Crippen LogP contribution in [0.1, 0.15) is 15.9 Å². The van der Waals surface area contributed by atoms with Crippen molar-refractivity contribution in [1.82, 2.24) is 0 Å². The Balaban J connectivity index is 1.61. The predicted molar refractivity (Wildman–Crippen MR) is 110 cm³/mol. The Morgan fingerprint density at radius 3 is 2.34 bits per heavy atom. The number of para-hydroxylation sites is 1. The van der Waals surface area contributed by atoms with E-state index in [1.165, 1.54) is 6.07 Å². The maximum Gasteiger partial charge on any atom is 0.338 e. The minimum Gasteiger partial charge on any atom is -0.507 e. The highest BCUT2D eigenvalue weighted by Crippen LogP contribution is 2.34. The Kier molecular flexibility index (Phi) is 4.79. The standard InChI is InChI=1S/C24H18O5/c25-21-8-4-7-18(23(21)27)14-29-24(28)17-10-9-16-13-22(26)20(12-19(16)11-17)15-5-2-1-3-6-15/h1-13,25-27H,14H2. The lowest BCUT2D eigenvalue weighted by molar-refractivity contribution is 0.0470. The summed E-state index contributed by atoms with van der Waals surface area (Å²) in [6.45, 7) is -0.165. The van der Waals surface area contributed by atoms with Crippen LogP contribution in [0.15, 0.2) is 78.9 Å². The van der Waals surface area contributed by atoms with Crippen molar-refractivity contribution in [3.8, 4) is 28.4 Å². The number of carbonyl (C=O) groups is 1. The molecule has 0 atom stereocenters. The number of carbonyl (C=O) groups excluding carboxylic acids is 1. The number of esters is 1. The van der Waals surface area contributed by atoms with Crippen molar-refractivity contribution in [2.24, 2.45) is 0 Å². The molecule has 4 rings (SSSR count). The maximum absolute atomic E-state index is 12.5. The molecule has 0 aliphatic carbocycles. The van der Waals surface area contributed by atoms with Gasteiger partial charge in [0, 0.05) is 11.1 Å². The molecule has 0 fully saturated rings. The first kappa shape index (κ1) is 18.4. The van der Waals surface area contributed by atoms with E-state index in [9.17, 15) is 20.1 Å². The van der Waals surface area contributed by atoms with E-state index >= 15 is 0 Å². The van der Waals surface area contributed by atoms with Gasteiger partial charge in [0.1, 0.15) is 12.4 Å². The molecule has 4 aromatic rings. The summed E-state index contributed by atoms with van der Waals surface area (Å²) in [5.74, 6) is -0.957. The van der Waals surface area contributed by atoms with Gasteiger partial charge < -0.3 is 20.1 Å². The quantitative estimate of drug-likeness (QED) is 0.340. The Morgan fingerprint density at radius 1 is 0.759 bits per heavy atom. The van der Waals surface area contributed by atoms with E-state index in [-0.39, 0.29) is 23.9 Å². The Morgan fingerprint density at radius 2 is 1.55 bits per heavy atom. The van der Waals surface area contributed by atoms with Crippen LogP contribution < -0.4 is 0 Å². The molecule has 5 nitrogen and oxygen atoms in total. The van der Waals surface area contributed by atoms with Crippen LogP contribution in [0.4, 0.5) is 0 Å². The average molecular weight is 386 g/mol. The van der Waals surface area contributed by atoms with Crippen LogP contribution in [0.5, 0.6) is 17.2 Å². The number of rotatable bonds is 4. The fourth-order valence-electron chi connectivity index (χ4n) is 3.18. The summed E-state index contributed by atoms with van der Waals surface area (Å²) < 4.78 is 5.28. The third-order valence-corrected chi connectivity index (χ3v) is 4.73. The molecule has 0 saturated heterocycles. The Hall–Kier alpha value is -3.99. The molecule has 4 aromatic carbocycles. The van der Waals surface area contributed by atoms with E-state index < -0.39 is 5.97 Å². The number of phenols is 3. The van der Waals surface area contributed by atoms with Gasteiger partial charge in [0.15, 0.2) is 11.5 Å². The highest BCUT2D eigenvalue weighted by molar-refractivity contribution is 5.97. The van der Waals surface area contributed by atoms with Crippen LogP contribution >= 0.6 is 0 Å². The number of ether oxygens (including phenoxy) is 1. The normalized spacial score (nSPS) is 10.8. The van der Waals surface area contributed by atoms with E-state index in [0.29, 0.717) is 16.7 Å². The van der Waals surface area contributed by atoms with Crippen molar-refractivity contribution >= 4 is 16.7 Å². The first-order chi connectivity index (χ1) is 14.0. The van der Waals surface area contributed by atoms with Gasteiger partial charge in [0.2, 0.25) is 0 Å². The van der Waals surface area contributed by atoms with Crippen molar-refractivity contribution in [3.63, 3.8) is 0 Å². The van der Waals surface area contributed by atoms with Gasteiger partial charge in [-0.25, -0.2) is 4.79 Å². The van der Waals surface area contributed by atoms with Crippen LogP contribution in [0.25, 0.3) is 21.9 Å². The van der Waals surface area contributed by atoms with E-state index in [4.69, 9.17) is 4.74 Å². The number of phenolic OH excluding ortho intramolecular Hbond substituents is 3. The molecule has 5 heteroatoms. The molecule has 0 spiro atoms. The summed E-state index contributed by atoms with van der Waals surface area (Å²) >= 11 is 0. The summed E-state index contributed by atoms with van der Waals surface area (Å²) in [5.41, 5.74) is 2.21. The SMILES string of the molecule is O=C(OCc1cccc(O)c1O)c1ccc2cc(O)c(-c3ccccc3)cc2c1. The number of hydrogen-bond donors (Lipinski definition) is 3.